The fraction of sp³-hybridized carbons (Fsp3) is 0.296. The Morgan fingerprint density at radius 3 is 2.53 bits per heavy atom. The Labute approximate surface area is 195 Å². The van der Waals surface area contributed by atoms with Crippen molar-refractivity contribution < 1.29 is 4.39 Å². The summed E-state index contributed by atoms with van der Waals surface area (Å²) in [6, 6.07) is 19.9. The molecule has 1 aliphatic heterocycles. The van der Waals surface area contributed by atoms with Gasteiger partial charge in [0.1, 0.15) is 5.82 Å². The van der Waals surface area contributed by atoms with Crippen molar-refractivity contribution in [3.05, 3.63) is 95.1 Å². The maximum atomic E-state index is 14.5. The van der Waals surface area contributed by atoms with E-state index < -0.39 is 0 Å². The van der Waals surface area contributed by atoms with Gasteiger partial charge in [0.25, 0.3) is 0 Å². The monoisotopic (exact) mass is 449 g/mol. The van der Waals surface area contributed by atoms with Crippen LogP contribution in [0.5, 0.6) is 0 Å². The molecule has 4 aromatic rings. The van der Waals surface area contributed by atoms with Gasteiger partial charge in [-0.15, -0.1) is 12.4 Å². The molecule has 1 saturated heterocycles. The number of piperidine rings is 1. The lowest BCUT2D eigenvalue weighted by Gasteiger charge is -2.34. The van der Waals surface area contributed by atoms with E-state index in [1.807, 2.05) is 18.3 Å². The maximum Gasteiger partial charge on any atom is 0.153 e. The number of pyridine rings is 1. The maximum absolute atomic E-state index is 14.5. The van der Waals surface area contributed by atoms with Crippen molar-refractivity contribution >= 4 is 29.1 Å². The van der Waals surface area contributed by atoms with Crippen LogP contribution in [0.3, 0.4) is 0 Å². The van der Waals surface area contributed by atoms with E-state index in [1.165, 1.54) is 34.7 Å². The van der Waals surface area contributed by atoms with E-state index in [9.17, 15) is 4.39 Å². The summed E-state index contributed by atoms with van der Waals surface area (Å²) in [5, 5.41) is 1.21. The Balaban J connectivity index is 0.00000245. The van der Waals surface area contributed by atoms with Crippen LogP contribution in [0.1, 0.15) is 41.1 Å². The second-order valence-electron chi connectivity index (χ2n) is 8.61. The smallest absolute Gasteiger partial charge is 0.153 e. The Kier molecular flexibility index (Phi) is 6.52. The van der Waals surface area contributed by atoms with Crippen LogP contribution in [0.2, 0.25) is 0 Å². The normalized spacial score (nSPS) is 16.2. The molecule has 1 unspecified atom stereocenters. The third-order valence-electron chi connectivity index (χ3n) is 6.80. The van der Waals surface area contributed by atoms with Crippen molar-refractivity contribution in [2.24, 2.45) is 0 Å². The van der Waals surface area contributed by atoms with E-state index in [4.69, 9.17) is 4.98 Å². The Bertz CT molecular complexity index is 1220. The lowest BCUT2D eigenvalue weighted by atomic mass is 9.90. The zero-order valence-corrected chi connectivity index (χ0v) is 19.4. The number of nitrogens with zero attached hydrogens (tertiary/aromatic N) is 3. The van der Waals surface area contributed by atoms with Gasteiger partial charge in [0, 0.05) is 41.8 Å². The van der Waals surface area contributed by atoms with Gasteiger partial charge in [-0.2, -0.15) is 0 Å². The van der Waals surface area contributed by atoms with Gasteiger partial charge < -0.3 is 9.47 Å². The van der Waals surface area contributed by atoms with Crippen LogP contribution < -0.4 is 4.90 Å². The number of hydrogen-bond donors (Lipinski definition) is 0. The van der Waals surface area contributed by atoms with Crippen molar-refractivity contribution in [3.63, 3.8) is 0 Å². The number of halogens is 2. The topological polar surface area (TPSA) is 21.1 Å². The Hall–Kier alpha value is -2.85. The standard InChI is InChI=1S/C27H28FN3.ClH/c1-19-20(2)31(18-23-11-6-7-13-25(23)28)26-24(19)14-15-29-27(26)30-16-8-12-22(17-30)21-9-4-3-5-10-21;/h3-7,9-11,13-15,22H,8,12,16-18H2,1-2H3;1H. The second-order valence-corrected chi connectivity index (χ2v) is 8.61. The highest BCUT2D eigenvalue weighted by Gasteiger charge is 2.26. The number of benzene rings is 2. The third kappa shape index (κ3) is 4.00. The quantitative estimate of drug-likeness (QED) is 0.348. The molecule has 0 spiro atoms. The molecule has 32 heavy (non-hydrogen) atoms. The summed E-state index contributed by atoms with van der Waals surface area (Å²) < 4.78 is 16.7. The number of aryl methyl sites for hydroxylation is 1. The minimum absolute atomic E-state index is 0. The number of rotatable bonds is 4. The largest absolute Gasteiger partial charge is 0.354 e. The van der Waals surface area contributed by atoms with Crippen LogP contribution in [-0.2, 0) is 6.54 Å². The molecule has 1 aliphatic rings. The summed E-state index contributed by atoms with van der Waals surface area (Å²) in [5.74, 6) is 1.36. The molecule has 2 aromatic heterocycles. The van der Waals surface area contributed by atoms with Crippen LogP contribution in [0.25, 0.3) is 10.9 Å². The van der Waals surface area contributed by atoms with Crippen molar-refractivity contribution in [3.8, 4) is 0 Å². The summed E-state index contributed by atoms with van der Waals surface area (Å²) in [6.45, 7) is 6.75. The molecule has 3 heterocycles. The average Bonchev–Trinajstić information content (AvgIpc) is 3.06. The first-order chi connectivity index (χ1) is 15.1. The van der Waals surface area contributed by atoms with Gasteiger partial charge in [-0.05, 0) is 49.9 Å². The average molecular weight is 450 g/mol. The zero-order valence-electron chi connectivity index (χ0n) is 18.6. The molecular weight excluding hydrogens is 421 g/mol. The number of fused-ring (bicyclic) bond motifs is 1. The summed E-state index contributed by atoms with van der Waals surface area (Å²) in [7, 11) is 0. The summed E-state index contributed by atoms with van der Waals surface area (Å²) >= 11 is 0. The van der Waals surface area contributed by atoms with Gasteiger partial charge in [0.2, 0.25) is 0 Å². The molecule has 0 N–H and O–H groups in total. The van der Waals surface area contributed by atoms with E-state index in [1.54, 1.807) is 6.07 Å². The number of anilines is 1. The molecule has 0 radical (unpaired) electrons. The first kappa shape index (κ1) is 22.3. The van der Waals surface area contributed by atoms with Crippen LogP contribution >= 0.6 is 12.4 Å². The fourth-order valence-electron chi connectivity index (χ4n) is 4.97. The SMILES string of the molecule is Cc1c(C)n(Cc2ccccc2F)c2c(N3CCCC(c4ccccc4)C3)nccc12.Cl. The first-order valence-electron chi connectivity index (χ1n) is 11.1. The Morgan fingerprint density at radius 1 is 1.00 bits per heavy atom. The highest BCUT2D eigenvalue weighted by Crippen LogP contribution is 2.36. The van der Waals surface area contributed by atoms with Gasteiger partial charge in [-0.1, -0.05) is 48.5 Å². The molecule has 1 fully saturated rings. The lowest BCUT2D eigenvalue weighted by molar-refractivity contribution is 0.507. The molecular formula is C27H29ClFN3. The molecule has 166 valence electrons. The van der Waals surface area contributed by atoms with E-state index in [0.29, 0.717) is 18.0 Å². The Morgan fingerprint density at radius 2 is 1.75 bits per heavy atom. The van der Waals surface area contributed by atoms with E-state index >= 15 is 0 Å². The van der Waals surface area contributed by atoms with Gasteiger partial charge in [-0.3, -0.25) is 0 Å². The van der Waals surface area contributed by atoms with Crippen LogP contribution in [0, 0.1) is 19.7 Å². The van der Waals surface area contributed by atoms with E-state index in [0.717, 1.165) is 30.8 Å². The highest BCUT2D eigenvalue weighted by molar-refractivity contribution is 5.93. The van der Waals surface area contributed by atoms with E-state index in [2.05, 4.69) is 59.7 Å². The van der Waals surface area contributed by atoms with E-state index in [-0.39, 0.29) is 18.2 Å². The van der Waals surface area contributed by atoms with Gasteiger partial charge >= 0.3 is 0 Å². The summed E-state index contributed by atoms with van der Waals surface area (Å²) in [4.78, 5) is 7.28. The van der Waals surface area contributed by atoms with Crippen molar-refractivity contribution in [1.82, 2.24) is 9.55 Å². The summed E-state index contributed by atoms with van der Waals surface area (Å²) in [6.07, 6.45) is 4.26. The number of hydrogen-bond acceptors (Lipinski definition) is 2. The minimum Gasteiger partial charge on any atom is -0.354 e. The lowest BCUT2D eigenvalue weighted by Crippen LogP contribution is -2.35. The molecule has 0 amide bonds. The van der Waals surface area contributed by atoms with Gasteiger partial charge in [0.05, 0.1) is 12.1 Å². The van der Waals surface area contributed by atoms with Crippen molar-refractivity contribution in [2.45, 2.75) is 39.2 Å². The van der Waals surface area contributed by atoms with Crippen LogP contribution in [-0.4, -0.2) is 22.6 Å². The van der Waals surface area contributed by atoms with Crippen LogP contribution in [0.4, 0.5) is 10.2 Å². The fourth-order valence-corrected chi connectivity index (χ4v) is 4.97. The highest BCUT2D eigenvalue weighted by atomic mass is 35.5. The van der Waals surface area contributed by atoms with Crippen LogP contribution in [0.15, 0.2) is 66.9 Å². The number of aromatic nitrogens is 2. The van der Waals surface area contributed by atoms with Gasteiger partial charge in [-0.25, -0.2) is 9.37 Å². The molecule has 0 saturated carbocycles. The third-order valence-corrected chi connectivity index (χ3v) is 6.80. The molecule has 5 heteroatoms. The molecule has 5 rings (SSSR count). The van der Waals surface area contributed by atoms with Crippen molar-refractivity contribution in [1.29, 1.82) is 0 Å². The second kappa shape index (κ2) is 9.33. The first-order valence-corrected chi connectivity index (χ1v) is 11.1. The molecule has 0 aliphatic carbocycles. The molecule has 0 bridgehead atoms. The molecule has 3 nitrogen and oxygen atoms in total. The predicted octanol–water partition coefficient (Wildman–Crippen LogP) is 6.65. The summed E-state index contributed by atoms with van der Waals surface area (Å²) in [5.41, 5.74) is 5.64. The van der Waals surface area contributed by atoms with Gasteiger partial charge in [0.15, 0.2) is 5.82 Å². The van der Waals surface area contributed by atoms with Crippen molar-refractivity contribution in [2.75, 3.05) is 18.0 Å². The zero-order chi connectivity index (χ0) is 21.4. The predicted molar refractivity (Wildman–Crippen MR) is 133 cm³/mol. The molecule has 1 atom stereocenters. The molecule has 2 aromatic carbocycles. The minimum atomic E-state index is -0.158.